The molecule has 3 nitrogen and oxygen atoms in total. The molecule has 6 aromatic carbocycles. The van der Waals surface area contributed by atoms with Gasteiger partial charge in [-0.15, -0.1) is 0 Å². The van der Waals surface area contributed by atoms with Gasteiger partial charge in [0.15, 0.2) is 0 Å². The molecular weight excluding hydrogens is 860 g/mol. The molecular formula is C67H77BN2O. The summed E-state index contributed by atoms with van der Waals surface area (Å²) >= 11 is 0. The van der Waals surface area contributed by atoms with Crippen molar-refractivity contribution >= 4 is 68.4 Å². The fourth-order valence-corrected chi connectivity index (χ4v) is 14.0. The molecule has 0 fully saturated rings. The van der Waals surface area contributed by atoms with Crippen LogP contribution in [0.15, 0.2) is 108 Å². The standard InChI is InChI=1S/C67H77BN2O/c1-40-32-55-58-56(33-40)70(53-25-22-42(61(2,3)4)34-44(53)41-20-18-17-19-21-41)54-38-50-49(65(11,12)29-30-66(50,13)14)37-52(54)68(58)60-59(45-36-48-51(39-57(45)71-60)67(15,16)31-28-64(48,9)10)69(55)43-23-24-46-47(35-43)63(7,8)27-26-62(46,5)6/h17-25,32-39H,26-31H2,1-16H3. The van der Waals surface area contributed by atoms with Crippen LogP contribution in [-0.2, 0) is 37.9 Å². The monoisotopic (exact) mass is 937 g/mol. The number of hydrogen-bond acceptors (Lipinski definition) is 3. The molecule has 7 aromatic rings. The Morgan fingerprint density at radius 1 is 0.479 bits per heavy atom. The molecule has 3 heterocycles. The molecule has 1 aromatic heterocycles. The number of nitrogens with zero attached hydrogens (tertiary/aromatic N) is 2. The van der Waals surface area contributed by atoms with E-state index in [0.29, 0.717) is 0 Å². The van der Waals surface area contributed by atoms with Crippen molar-refractivity contribution in [3.8, 4) is 11.1 Å². The Labute approximate surface area is 426 Å². The van der Waals surface area contributed by atoms with Gasteiger partial charge < -0.3 is 14.2 Å². The van der Waals surface area contributed by atoms with Gasteiger partial charge in [-0.05, 0) is 199 Å². The van der Waals surface area contributed by atoms with Crippen molar-refractivity contribution in [1.82, 2.24) is 0 Å². The fourth-order valence-electron chi connectivity index (χ4n) is 14.0. The molecule has 0 N–H and O–H groups in total. The summed E-state index contributed by atoms with van der Waals surface area (Å²) in [5, 5.41) is 1.23. The van der Waals surface area contributed by atoms with E-state index in [-0.39, 0.29) is 44.6 Å². The van der Waals surface area contributed by atoms with Crippen molar-refractivity contribution in [3.05, 3.63) is 148 Å². The molecule has 2 aliphatic heterocycles. The number of fused-ring (bicyclic) bond motifs is 9. The summed E-state index contributed by atoms with van der Waals surface area (Å²) in [7, 11) is 0. The molecule has 0 spiro atoms. The van der Waals surface area contributed by atoms with Gasteiger partial charge in [-0.25, -0.2) is 0 Å². The predicted molar refractivity (Wildman–Crippen MR) is 305 cm³/mol. The molecule has 0 atom stereocenters. The van der Waals surface area contributed by atoms with Gasteiger partial charge in [-0.3, -0.25) is 0 Å². The van der Waals surface area contributed by atoms with Crippen LogP contribution in [0.25, 0.3) is 22.1 Å². The highest BCUT2D eigenvalue weighted by Crippen LogP contribution is 2.56. The molecule has 0 unspecified atom stereocenters. The summed E-state index contributed by atoms with van der Waals surface area (Å²) in [6.45, 7) is 38.8. The normalized spacial score (nSPS) is 20.4. The van der Waals surface area contributed by atoms with Crippen LogP contribution in [-0.4, -0.2) is 6.71 Å². The fraction of sp³-hybridized carbons (Fsp3) is 0.433. The van der Waals surface area contributed by atoms with Crippen LogP contribution >= 0.6 is 0 Å². The van der Waals surface area contributed by atoms with E-state index < -0.39 is 0 Å². The first-order valence-corrected chi connectivity index (χ1v) is 27.1. The van der Waals surface area contributed by atoms with Crippen LogP contribution < -0.4 is 26.4 Å². The van der Waals surface area contributed by atoms with E-state index >= 15 is 0 Å². The van der Waals surface area contributed by atoms with E-state index in [1.54, 1.807) is 0 Å². The molecule has 4 heteroatoms. The zero-order valence-corrected chi connectivity index (χ0v) is 45.9. The largest absolute Gasteiger partial charge is 0.468 e. The van der Waals surface area contributed by atoms with E-state index in [0.717, 1.165) is 43.3 Å². The van der Waals surface area contributed by atoms with Gasteiger partial charge in [0.25, 0.3) is 6.71 Å². The second-order valence-electron chi connectivity index (χ2n) is 27.9. The van der Waals surface area contributed by atoms with Crippen LogP contribution in [0, 0.1) is 6.92 Å². The van der Waals surface area contributed by atoms with Gasteiger partial charge in [0.1, 0.15) is 5.58 Å². The van der Waals surface area contributed by atoms with Crippen LogP contribution in [0.4, 0.5) is 34.1 Å². The molecule has 0 saturated carbocycles. The van der Waals surface area contributed by atoms with Gasteiger partial charge >= 0.3 is 0 Å². The summed E-state index contributed by atoms with van der Waals surface area (Å²) < 4.78 is 7.76. The SMILES string of the molecule is Cc1cc2c3c(c1)N(c1ccc4c(c1)C(C)(C)CCC4(C)C)c1c(oc4cc5c(cc14)C(C)(C)CCC5(C)C)B3c1cc3c(cc1N2c1ccc(C(C)(C)C)cc1-c1ccccc1)C(C)(C)CCC3(C)C. The van der Waals surface area contributed by atoms with Crippen LogP contribution in [0.3, 0.4) is 0 Å². The third kappa shape index (κ3) is 6.88. The van der Waals surface area contributed by atoms with Crippen molar-refractivity contribution < 1.29 is 4.42 Å². The minimum absolute atomic E-state index is 0.0159. The Kier molecular flexibility index (Phi) is 9.73. The Hall–Kier alpha value is -5.48. The predicted octanol–water partition coefficient (Wildman–Crippen LogP) is 16.8. The number of aryl methyl sites for hydroxylation is 1. The van der Waals surface area contributed by atoms with Crippen molar-refractivity contribution in [3.63, 3.8) is 0 Å². The molecule has 3 aliphatic carbocycles. The van der Waals surface area contributed by atoms with Crippen molar-refractivity contribution in [2.24, 2.45) is 0 Å². The first kappa shape index (κ1) is 46.6. The second-order valence-corrected chi connectivity index (χ2v) is 27.9. The van der Waals surface area contributed by atoms with Gasteiger partial charge in [-0.1, -0.05) is 152 Å². The molecule has 0 amide bonds. The number of furan rings is 1. The highest BCUT2D eigenvalue weighted by atomic mass is 16.3. The average molecular weight is 937 g/mol. The van der Waals surface area contributed by atoms with Crippen molar-refractivity contribution in [2.75, 3.05) is 9.80 Å². The third-order valence-corrected chi connectivity index (χ3v) is 19.0. The van der Waals surface area contributed by atoms with Gasteiger partial charge in [0.05, 0.1) is 17.0 Å². The lowest BCUT2D eigenvalue weighted by Gasteiger charge is -2.47. The molecule has 12 rings (SSSR count). The van der Waals surface area contributed by atoms with E-state index in [4.69, 9.17) is 4.42 Å². The molecule has 0 bridgehead atoms. The maximum atomic E-state index is 7.76. The summed E-state index contributed by atoms with van der Waals surface area (Å²) in [5.74, 6) is 0. The smallest absolute Gasteiger partial charge is 0.297 e. The van der Waals surface area contributed by atoms with E-state index in [2.05, 4.69) is 224 Å². The molecule has 0 saturated heterocycles. The van der Waals surface area contributed by atoms with Crippen molar-refractivity contribution in [2.45, 2.75) is 187 Å². The summed E-state index contributed by atoms with van der Waals surface area (Å²) in [5.41, 5.74) is 26.2. The zero-order chi connectivity index (χ0) is 50.3. The molecule has 0 radical (unpaired) electrons. The summed E-state index contributed by atoms with van der Waals surface area (Å²) in [6, 6.07) is 41.3. The van der Waals surface area contributed by atoms with Gasteiger partial charge in [0.2, 0.25) is 0 Å². The van der Waals surface area contributed by atoms with Gasteiger partial charge in [0, 0.05) is 33.7 Å². The first-order chi connectivity index (χ1) is 33.2. The summed E-state index contributed by atoms with van der Waals surface area (Å²) in [4.78, 5) is 5.34. The molecule has 71 heavy (non-hydrogen) atoms. The highest BCUT2D eigenvalue weighted by Gasteiger charge is 2.50. The third-order valence-electron chi connectivity index (χ3n) is 19.0. The zero-order valence-electron chi connectivity index (χ0n) is 45.9. The minimum Gasteiger partial charge on any atom is -0.468 e. The number of hydrogen-bond donors (Lipinski definition) is 0. The number of rotatable bonds is 3. The minimum atomic E-state index is -0.128. The maximum absolute atomic E-state index is 7.76. The lowest BCUT2D eigenvalue weighted by molar-refractivity contribution is 0.332. The maximum Gasteiger partial charge on any atom is 0.297 e. The van der Waals surface area contributed by atoms with Crippen molar-refractivity contribution in [1.29, 1.82) is 0 Å². The lowest BCUT2D eigenvalue weighted by Crippen LogP contribution is -2.61. The molecule has 364 valence electrons. The van der Waals surface area contributed by atoms with Gasteiger partial charge in [-0.2, -0.15) is 0 Å². The second kappa shape index (κ2) is 14.8. The Bertz CT molecular complexity index is 3390. The Balaban J connectivity index is 1.23. The first-order valence-electron chi connectivity index (χ1n) is 27.1. The average Bonchev–Trinajstić information content (AvgIpc) is 3.68. The quantitative estimate of drug-likeness (QED) is 0.165. The van der Waals surface area contributed by atoms with Crippen LogP contribution in [0.1, 0.15) is 187 Å². The van der Waals surface area contributed by atoms with E-state index in [1.165, 1.54) is 112 Å². The number of benzene rings is 6. The van der Waals surface area contributed by atoms with Crippen LogP contribution in [0.2, 0.25) is 0 Å². The lowest BCUT2D eigenvalue weighted by atomic mass is 9.35. The highest BCUT2D eigenvalue weighted by molar-refractivity contribution is 7.00. The van der Waals surface area contributed by atoms with Crippen LogP contribution in [0.5, 0.6) is 0 Å². The Morgan fingerprint density at radius 2 is 1.00 bits per heavy atom. The van der Waals surface area contributed by atoms with E-state index in [1.807, 2.05) is 0 Å². The summed E-state index contributed by atoms with van der Waals surface area (Å²) in [6.07, 6.45) is 6.97. The molecule has 5 aliphatic rings. The van der Waals surface area contributed by atoms with E-state index in [9.17, 15) is 0 Å². The number of anilines is 6. The Morgan fingerprint density at radius 3 is 1.59 bits per heavy atom. The topological polar surface area (TPSA) is 19.6 Å².